The normalized spacial score (nSPS) is 13.3. The monoisotopic (exact) mass is 214 g/mol. The molecule has 0 rings (SSSR count). The molecular weight excluding hydrogens is 188 g/mol. The van der Waals surface area contributed by atoms with E-state index in [-0.39, 0.29) is 11.8 Å². The zero-order valence-electron chi connectivity index (χ0n) is 10.5. The van der Waals surface area contributed by atoms with Crippen molar-refractivity contribution in [3.8, 4) is 0 Å². The topological polar surface area (TPSA) is 55.1 Å². The highest BCUT2D eigenvalue weighted by atomic mass is 16.1. The van der Waals surface area contributed by atoms with Crippen LogP contribution in [0, 0.1) is 17.8 Å². The highest BCUT2D eigenvalue weighted by Crippen LogP contribution is 2.10. The minimum Gasteiger partial charge on any atom is -0.356 e. The Morgan fingerprint density at radius 1 is 1.27 bits per heavy atom. The molecule has 0 aliphatic heterocycles. The van der Waals surface area contributed by atoms with Crippen molar-refractivity contribution >= 4 is 5.91 Å². The van der Waals surface area contributed by atoms with Gasteiger partial charge in [0.2, 0.25) is 5.91 Å². The second kappa shape index (κ2) is 7.69. The summed E-state index contributed by atoms with van der Waals surface area (Å²) in [4.78, 5) is 11.8. The van der Waals surface area contributed by atoms with E-state index < -0.39 is 0 Å². The molecule has 0 fully saturated rings. The Balaban J connectivity index is 4.00. The summed E-state index contributed by atoms with van der Waals surface area (Å²) in [5, 5.41) is 3.00. The average Bonchev–Trinajstić information content (AvgIpc) is 2.19. The lowest BCUT2D eigenvalue weighted by molar-refractivity contribution is -0.126. The summed E-state index contributed by atoms with van der Waals surface area (Å²) in [6, 6.07) is 0. The van der Waals surface area contributed by atoms with Gasteiger partial charge < -0.3 is 11.1 Å². The fourth-order valence-corrected chi connectivity index (χ4v) is 1.64. The Morgan fingerprint density at radius 2 is 1.80 bits per heavy atom. The standard InChI is InChI=1S/C12H26N2O/c1-5-10(6-2)8-14-12(15)11(7-13)9(3)4/h9-11H,5-8,13H2,1-4H3,(H,14,15). The molecule has 1 amide bonds. The molecule has 90 valence electrons. The van der Waals surface area contributed by atoms with E-state index in [1.54, 1.807) is 0 Å². The van der Waals surface area contributed by atoms with Crippen LogP contribution in [0.5, 0.6) is 0 Å². The van der Waals surface area contributed by atoms with Crippen LogP contribution in [0.1, 0.15) is 40.5 Å². The molecule has 0 saturated heterocycles. The maximum atomic E-state index is 11.8. The van der Waals surface area contributed by atoms with Crippen LogP contribution in [0.3, 0.4) is 0 Å². The third kappa shape index (κ3) is 5.17. The first-order valence-electron chi connectivity index (χ1n) is 6.04. The highest BCUT2D eigenvalue weighted by molar-refractivity contribution is 5.79. The van der Waals surface area contributed by atoms with Gasteiger partial charge in [-0.25, -0.2) is 0 Å². The molecule has 15 heavy (non-hydrogen) atoms. The molecule has 3 nitrogen and oxygen atoms in total. The first-order valence-corrected chi connectivity index (χ1v) is 6.04. The number of hydrogen-bond donors (Lipinski definition) is 2. The van der Waals surface area contributed by atoms with Crippen molar-refractivity contribution in [1.29, 1.82) is 0 Å². The fourth-order valence-electron chi connectivity index (χ4n) is 1.64. The summed E-state index contributed by atoms with van der Waals surface area (Å²) in [6.45, 7) is 9.61. The van der Waals surface area contributed by atoms with Gasteiger partial charge in [-0.05, 0) is 11.8 Å². The van der Waals surface area contributed by atoms with Crippen LogP contribution in [-0.4, -0.2) is 19.0 Å². The third-order valence-electron chi connectivity index (χ3n) is 3.12. The summed E-state index contributed by atoms with van der Waals surface area (Å²) in [5.41, 5.74) is 5.59. The van der Waals surface area contributed by atoms with E-state index >= 15 is 0 Å². The Hall–Kier alpha value is -0.570. The molecule has 1 unspecified atom stereocenters. The summed E-state index contributed by atoms with van der Waals surface area (Å²) in [6.07, 6.45) is 2.23. The predicted molar refractivity (Wildman–Crippen MR) is 64.5 cm³/mol. The molecule has 1 atom stereocenters. The molecular formula is C12H26N2O. The molecule has 0 spiro atoms. The zero-order chi connectivity index (χ0) is 11.8. The molecule has 0 aliphatic carbocycles. The zero-order valence-corrected chi connectivity index (χ0v) is 10.5. The maximum absolute atomic E-state index is 11.8. The van der Waals surface area contributed by atoms with Gasteiger partial charge in [-0.3, -0.25) is 4.79 Å². The molecule has 0 aliphatic rings. The van der Waals surface area contributed by atoms with Crippen LogP contribution in [0.2, 0.25) is 0 Å². The van der Waals surface area contributed by atoms with Gasteiger partial charge in [-0.15, -0.1) is 0 Å². The van der Waals surface area contributed by atoms with Gasteiger partial charge >= 0.3 is 0 Å². The Bertz CT molecular complexity index is 176. The lowest BCUT2D eigenvalue weighted by Crippen LogP contribution is -2.39. The van der Waals surface area contributed by atoms with Crippen LogP contribution in [-0.2, 0) is 4.79 Å². The number of carbonyl (C=O) groups is 1. The number of carbonyl (C=O) groups excluding carboxylic acids is 1. The van der Waals surface area contributed by atoms with Crippen LogP contribution in [0.4, 0.5) is 0 Å². The van der Waals surface area contributed by atoms with E-state index in [0.717, 1.165) is 19.4 Å². The summed E-state index contributed by atoms with van der Waals surface area (Å²) in [5.74, 6) is 0.981. The van der Waals surface area contributed by atoms with Crippen molar-refractivity contribution in [2.75, 3.05) is 13.1 Å². The molecule has 0 bridgehead atoms. The smallest absolute Gasteiger partial charge is 0.224 e. The van der Waals surface area contributed by atoms with E-state index in [2.05, 4.69) is 19.2 Å². The Kier molecular flexibility index (Phi) is 7.39. The first kappa shape index (κ1) is 14.4. The number of nitrogens with two attached hydrogens (primary N) is 1. The molecule has 3 heteroatoms. The van der Waals surface area contributed by atoms with Crippen molar-refractivity contribution in [3.63, 3.8) is 0 Å². The Labute approximate surface area is 93.8 Å². The number of amides is 1. The SMILES string of the molecule is CCC(CC)CNC(=O)C(CN)C(C)C. The molecule has 0 saturated carbocycles. The van der Waals surface area contributed by atoms with Crippen molar-refractivity contribution in [2.24, 2.45) is 23.5 Å². The molecule has 0 heterocycles. The molecule has 0 aromatic heterocycles. The number of nitrogens with one attached hydrogen (secondary N) is 1. The molecule has 0 radical (unpaired) electrons. The van der Waals surface area contributed by atoms with Gasteiger partial charge in [-0.2, -0.15) is 0 Å². The van der Waals surface area contributed by atoms with Gasteiger partial charge in [0.25, 0.3) is 0 Å². The molecule has 3 N–H and O–H groups in total. The minimum absolute atomic E-state index is 0.0423. The van der Waals surface area contributed by atoms with E-state index in [1.165, 1.54) is 0 Å². The average molecular weight is 214 g/mol. The van der Waals surface area contributed by atoms with E-state index in [1.807, 2.05) is 13.8 Å². The van der Waals surface area contributed by atoms with Crippen molar-refractivity contribution in [2.45, 2.75) is 40.5 Å². The van der Waals surface area contributed by atoms with E-state index in [4.69, 9.17) is 5.73 Å². The van der Waals surface area contributed by atoms with Crippen LogP contribution < -0.4 is 11.1 Å². The van der Waals surface area contributed by atoms with Crippen molar-refractivity contribution < 1.29 is 4.79 Å². The quantitative estimate of drug-likeness (QED) is 0.678. The lowest BCUT2D eigenvalue weighted by atomic mass is 9.94. The Morgan fingerprint density at radius 3 is 2.13 bits per heavy atom. The van der Waals surface area contributed by atoms with Crippen LogP contribution in [0.25, 0.3) is 0 Å². The maximum Gasteiger partial charge on any atom is 0.224 e. The van der Waals surface area contributed by atoms with Crippen molar-refractivity contribution in [1.82, 2.24) is 5.32 Å². The lowest BCUT2D eigenvalue weighted by Gasteiger charge is -2.20. The van der Waals surface area contributed by atoms with Crippen LogP contribution in [0.15, 0.2) is 0 Å². The van der Waals surface area contributed by atoms with Gasteiger partial charge in [0.15, 0.2) is 0 Å². The minimum atomic E-state index is -0.0423. The van der Waals surface area contributed by atoms with E-state index in [9.17, 15) is 4.79 Å². The van der Waals surface area contributed by atoms with Gasteiger partial charge in [-0.1, -0.05) is 40.5 Å². The van der Waals surface area contributed by atoms with E-state index in [0.29, 0.717) is 18.4 Å². The largest absolute Gasteiger partial charge is 0.356 e. The number of hydrogen-bond acceptors (Lipinski definition) is 2. The third-order valence-corrected chi connectivity index (χ3v) is 3.12. The van der Waals surface area contributed by atoms with Gasteiger partial charge in [0.05, 0.1) is 5.92 Å². The van der Waals surface area contributed by atoms with Crippen LogP contribution >= 0.6 is 0 Å². The second-order valence-corrected chi connectivity index (χ2v) is 4.51. The summed E-state index contributed by atoms with van der Waals surface area (Å²) >= 11 is 0. The first-order chi connectivity index (χ1) is 7.06. The highest BCUT2D eigenvalue weighted by Gasteiger charge is 2.20. The van der Waals surface area contributed by atoms with Crippen molar-refractivity contribution in [3.05, 3.63) is 0 Å². The molecule has 0 aromatic carbocycles. The molecule has 0 aromatic rings. The fraction of sp³-hybridized carbons (Fsp3) is 0.917. The summed E-state index contributed by atoms with van der Waals surface area (Å²) < 4.78 is 0. The summed E-state index contributed by atoms with van der Waals surface area (Å²) in [7, 11) is 0. The number of rotatable bonds is 7. The van der Waals surface area contributed by atoms with Gasteiger partial charge in [0.1, 0.15) is 0 Å². The van der Waals surface area contributed by atoms with Gasteiger partial charge in [0, 0.05) is 13.1 Å². The second-order valence-electron chi connectivity index (χ2n) is 4.51. The predicted octanol–water partition coefficient (Wildman–Crippen LogP) is 1.77.